The van der Waals surface area contributed by atoms with Crippen molar-refractivity contribution in [3.8, 4) is 17.3 Å². The number of ether oxygens (including phenoxy) is 1. The second-order valence-corrected chi connectivity index (χ2v) is 7.46. The van der Waals surface area contributed by atoms with E-state index in [0.29, 0.717) is 24.6 Å². The van der Waals surface area contributed by atoms with Crippen molar-refractivity contribution >= 4 is 10.9 Å². The maximum absolute atomic E-state index is 12.8. The molecule has 2 aromatic carbocycles. The highest BCUT2D eigenvalue weighted by molar-refractivity contribution is 5.85. The van der Waals surface area contributed by atoms with Crippen LogP contribution in [0.15, 0.2) is 58.1 Å². The summed E-state index contributed by atoms with van der Waals surface area (Å²) < 4.78 is 6.54. The van der Waals surface area contributed by atoms with Crippen LogP contribution in [-0.4, -0.2) is 32.8 Å². The summed E-state index contributed by atoms with van der Waals surface area (Å²) in [7, 11) is 0. The molecule has 0 unspecified atom stereocenters. The van der Waals surface area contributed by atoms with E-state index in [-0.39, 0.29) is 11.4 Å². The minimum atomic E-state index is -0.705. The highest BCUT2D eigenvalue weighted by Crippen LogP contribution is 2.35. The van der Waals surface area contributed by atoms with E-state index < -0.39 is 17.3 Å². The molecule has 0 bridgehead atoms. The van der Waals surface area contributed by atoms with Crippen molar-refractivity contribution in [1.82, 2.24) is 19.9 Å². The third kappa shape index (κ3) is 3.12. The zero-order chi connectivity index (χ0) is 21.5. The lowest BCUT2D eigenvalue weighted by atomic mass is 9.95. The van der Waals surface area contributed by atoms with Gasteiger partial charge >= 0.3 is 5.69 Å². The van der Waals surface area contributed by atoms with Gasteiger partial charge in [0.25, 0.3) is 5.56 Å². The van der Waals surface area contributed by atoms with Crippen LogP contribution < -0.4 is 21.3 Å². The van der Waals surface area contributed by atoms with Gasteiger partial charge in [-0.3, -0.25) is 9.78 Å². The van der Waals surface area contributed by atoms with Gasteiger partial charge in [0.1, 0.15) is 11.3 Å². The Balaban J connectivity index is 1.67. The van der Waals surface area contributed by atoms with E-state index in [1.54, 1.807) is 24.3 Å². The van der Waals surface area contributed by atoms with E-state index in [2.05, 4.69) is 15.3 Å². The smallest absolute Gasteiger partial charge is 0.335 e. The molecule has 8 heteroatoms. The van der Waals surface area contributed by atoms with Crippen molar-refractivity contribution in [2.75, 3.05) is 13.2 Å². The number of para-hydroxylation sites is 1. The fraction of sp³-hybridized carbons (Fsp3) is 0.217. The molecule has 158 valence electrons. The molecule has 1 aliphatic heterocycles. The number of nitrogens with zero attached hydrogens (tertiary/aromatic N) is 1. The Hall–Kier alpha value is -3.78. The Bertz CT molecular complexity index is 1380. The maximum atomic E-state index is 12.8. The summed E-state index contributed by atoms with van der Waals surface area (Å²) >= 11 is 0. The molecule has 5 rings (SSSR count). The number of rotatable bonds is 4. The largest absolute Gasteiger partial charge is 0.494 e. The Labute approximate surface area is 177 Å². The van der Waals surface area contributed by atoms with Crippen molar-refractivity contribution in [2.45, 2.75) is 19.4 Å². The third-order valence-corrected chi connectivity index (χ3v) is 5.67. The number of benzene rings is 2. The van der Waals surface area contributed by atoms with E-state index in [1.807, 2.05) is 31.2 Å². The molecule has 31 heavy (non-hydrogen) atoms. The van der Waals surface area contributed by atoms with Gasteiger partial charge in [0, 0.05) is 23.1 Å². The van der Waals surface area contributed by atoms with Crippen LogP contribution in [0, 0.1) is 0 Å². The Morgan fingerprint density at radius 2 is 1.87 bits per heavy atom. The van der Waals surface area contributed by atoms with Gasteiger partial charge in [0.05, 0.1) is 18.3 Å². The van der Waals surface area contributed by atoms with Gasteiger partial charge in [-0.05, 0) is 49.2 Å². The number of H-pyrrole nitrogens is 2. The lowest BCUT2D eigenvalue weighted by Crippen LogP contribution is -2.38. The van der Waals surface area contributed by atoms with E-state index >= 15 is 0 Å². The van der Waals surface area contributed by atoms with Crippen molar-refractivity contribution in [2.24, 2.45) is 0 Å². The summed E-state index contributed by atoms with van der Waals surface area (Å²) in [5, 5.41) is 15.5. The molecule has 0 saturated carbocycles. The molecule has 1 aliphatic rings. The van der Waals surface area contributed by atoms with E-state index in [9.17, 15) is 14.7 Å². The summed E-state index contributed by atoms with van der Waals surface area (Å²) in [6, 6.07) is 14.1. The first-order valence-corrected chi connectivity index (χ1v) is 10.2. The second kappa shape index (κ2) is 7.48. The van der Waals surface area contributed by atoms with Gasteiger partial charge in [0.15, 0.2) is 0 Å². The topological polar surface area (TPSA) is 112 Å². The summed E-state index contributed by atoms with van der Waals surface area (Å²) in [5.41, 5.74) is 2.10. The Morgan fingerprint density at radius 3 is 2.65 bits per heavy atom. The molecule has 0 saturated heterocycles. The lowest BCUT2D eigenvalue weighted by Gasteiger charge is -2.25. The van der Waals surface area contributed by atoms with Crippen molar-refractivity contribution in [1.29, 1.82) is 0 Å². The van der Waals surface area contributed by atoms with Gasteiger partial charge in [-0.25, -0.2) is 9.36 Å². The normalized spacial score (nSPS) is 15.7. The van der Waals surface area contributed by atoms with Crippen LogP contribution in [0.25, 0.3) is 16.6 Å². The quantitative estimate of drug-likeness (QED) is 0.406. The molecule has 4 N–H and O–H groups in total. The predicted octanol–water partition coefficient (Wildman–Crippen LogP) is 2.35. The number of hydrogen-bond donors (Lipinski definition) is 4. The number of aromatic hydroxyl groups is 1. The van der Waals surface area contributed by atoms with E-state index in [0.717, 1.165) is 33.1 Å². The molecular weight excluding hydrogens is 396 g/mol. The van der Waals surface area contributed by atoms with Crippen LogP contribution in [0.3, 0.4) is 0 Å². The van der Waals surface area contributed by atoms with Crippen molar-refractivity contribution < 1.29 is 9.84 Å². The average molecular weight is 418 g/mol. The summed E-state index contributed by atoms with van der Waals surface area (Å²) in [5.74, 6) is 0.266. The lowest BCUT2D eigenvalue weighted by molar-refractivity contribution is 0.340. The minimum Gasteiger partial charge on any atom is -0.494 e. The molecule has 8 nitrogen and oxygen atoms in total. The van der Waals surface area contributed by atoms with Crippen LogP contribution in [-0.2, 0) is 6.42 Å². The summed E-state index contributed by atoms with van der Waals surface area (Å²) in [4.78, 5) is 31.1. The van der Waals surface area contributed by atoms with E-state index in [1.165, 1.54) is 0 Å². The van der Waals surface area contributed by atoms with Crippen LogP contribution in [0.2, 0.25) is 0 Å². The van der Waals surface area contributed by atoms with Gasteiger partial charge in [-0.1, -0.05) is 18.2 Å². The Morgan fingerprint density at radius 1 is 1.10 bits per heavy atom. The summed E-state index contributed by atoms with van der Waals surface area (Å²) in [6.07, 6.45) is 0.799. The molecule has 4 aromatic rings. The molecule has 0 fully saturated rings. The first-order valence-electron chi connectivity index (χ1n) is 10.2. The van der Waals surface area contributed by atoms with E-state index in [4.69, 9.17) is 4.74 Å². The molecule has 3 heterocycles. The van der Waals surface area contributed by atoms with Crippen LogP contribution in [0.5, 0.6) is 11.6 Å². The van der Waals surface area contributed by atoms with Gasteiger partial charge in [0.2, 0.25) is 5.88 Å². The standard InChI is InChI=1S/C23H22N4O4/c1-2-31-14-9-7-13(8-10-14)27-22(29)18(21(28)26-23(27)30)20-19-16(11-12-24-20)15-5-3-4-6-17(15)25-19/h3-10,20,24-25,29H,2,11-12H2,1H3,(H,26,28,30)/t20-/m1/s1. The van der Waals surface area contributed by atoms with Crippen LogP contribution >= 0.6 is 0 Å². The monoisotopic (exact) mass is 418 g/mol. The maximum Gasteiger partial charge on any atom is 0.335 e. The molecule has 1 atom stereocenters. The zero-order valence-corrected chi connectivity index (χ0v) is 16.9. The van der Waals surface area contributed by atoms with Gasteiger partial charge in [-0.15, -0.1) is 0 Å². The van der Waals surface area contributed by atoms with Gasteiger partial charge in [-0.2, -0.15) is 0 Å². The molecule has 0 amide bonds. The van der Waals surface area contributed by atoms with Crippen molar-refractivity contribution in [3.63, 3.8) is 0 Å². The van der Waals surface area contributed by atoms with Crippen LogP contribution in [0.1, 0.15) is 29.8 Å². The number of aromatic amines is 2. The number of fused-ring (bicyclic) bond motifs is 3. The molecule has 0 aliphatic carbocycles. The Kier molecular flexibility index (Phi) is 4.63. The average Bonchev–Trinajstić information content (AvgIpc) is 3.14. The summed E-state index contributed by atoms with van der Waals surface area (Å²) in [6.45, 7) is 3.04. The van der Waals surface area contributed by atoms with Crippen LogP contribution in [0.4, 0.5) is 0 Å². The predicted molar refractivity (Wildman–Crippen MR) is 117 cm³/mol. The SMILES string of the molecule is CCOc1ccc(-n2c(O)c([C@H]3NCCc4c3[nH]c3ccccc43)c(=O)[nH]c2=O)cc1. The highest BCUT2D eigenvalue weighted by Gasteiger charge is 2.31. The van der Waals surface area contributed by atoms with Crippen molar-refractivity contribution in [3.05, 3.63) is 86.2 Å². The first kappa shape index (κ1) is 19.2. The fourth-order valence-corrected chi connectivity index (χ4v) is 4.32. The number of aromatic nitrogens is 3. The second-order valence-electron chi connectivity index (χ2n) is 7.46. The zero-order valence-electron chi connectivity index (χ0n) is 16.9. The highest BCUT2D eigenvalue weighted by atomic mass is 16.5. The minimum absolute atomic E-state index is 0.0981. The molecule has 0 spiro atoms. The first-order chi connectivity index (χ1) is 15.1. The molecule has 0 radical (unpaired) electrons. The fourth-order valence-electron chi connectivity index (χ4n) is 4.32. The third-order valence-electron chi connectivity index (χ3n) is 5.67. The molecule has 2 aromatic heterocycles. The number of nitrogens with one attached hydrogen (secondary N) is 3. The molecular formula is C23H22N4O4. The number of hydrogen-bond acceptors (Lipinski definition) is 5. The van der Waals surface area contributed by atoms with Gasteiger partial charge < -0.3 is 20.1 Å².